The number of hydrogen-bond acceptors (Lipinski definition) is 3. The van der Waals surface area contributed by atoms with Crippen LogP contribution in [0.2, 0.25) is 0 Å². The number of ether oxygens (including phenoxy) is 1. The fourth-order valence-corrected chi connectivity index (χ4v) is 3.21. The van der Waals surface area contributed by atoms with E-state index in [0.29, 0.717) is 5.82 Å². The maximum atomic E-state index is 12.6. The summed E-state index contributed by atoms with van der Waals surface area (Å²) in [6.45, 7) is 3.95. The molecule has 0 bridgehead atoms. The Morgan fingerprint density at radius 2 is 1.72 bits per heavy atom. The van der Waals surface area contributed by atoms with Gasteiger partial charge in [-0.2, -0.15) is 0 Å². The van der Waals surface area contributed by atoms with Crippen LogP contribution in [0, 0.1) is 13.8 Å². The summed E-state index contributed by atoms with van der Waals surface area (Å²) in [4.78, 5) is 12.6. The predicted molar refractivity (Wildman–Crippen MR) is 116 cm³/mol. The van der Waals surface area contributed by atoms with Gasteiger partial charge in [-0.25, -0.2) is 9.48 Å². The Morgan fingerprint density at radius 3 is 2.48 bits per heavy atom. The third-order valence-electron chi connectivity index (χ3n) is 4.78. The van der Waals surface area contributed by atoms with Crippen molar-refractivity contribution in [1.82, 2.24) is 9.78 Å². The van der Waals surface area contributed by atoms with Crippen LogP contribution in [0.5, 0.6) is 5.75 Å². The number of nitrogens with zero attached hydrogens (tertiary/aromatic N) is 2. The summed E-state index contributed by atoms with van der Waals surface area (Å²) < 4.78 is 7.04. The highest BCUT2D eigenvalue weighted by Gasteiger charge is 2.14. The molecule has 2 amide bonds. The lowest BCUT2D eigenvalue weighted by Crippen LogP contribution is -2.20. The molecule has 6 nitrogen and oxygen atoms in total. The van der Waals surface area contributed by atoms with Crippen molar-refractivity contribution in [2.45, 2.75) is 13.8 Å². The molecule has 0 spiro atoms. The van der Waals surface area contributed by atoms with Crippen LogP contribution in [-0.2, 0) is 0 Å². The molecule has 0 aliphatic heterocycles. The standard InChI is InChI=1S/C23H22N4O2/c1-15-8-9-16(2)20(14-15)24-23(28)25-22-19-6-4-5-7-21(19)27(26-22)17-10-12-18(29-3)13-11-17/h4-14H,1-3H3,(H2,24,25,26,28). The first-order valence-corrected chi connectivity index (χ1v) is 9.32. The first-order valence-electron chi connectivity index (χ1n) is 9.32. The number of para-hydroxylation sites is 1. The Labute approximate surface area is 169 Å². The molecule has 4 rings (SSSR count). The molecular formula is C23H22N4O2. The number of fused-ring (bicyclic) bond motifs is 1. The predicted octanol–water partition coefficient (Wildman–Crippen LogP) is 5.29. The first kappa shape index (κ1) is 18.6. The highest BCUT2D eigenvalue weighted by atomic mass is 16.5. The molecule has 0 aliphatic rings. The van der Waals surface area contributed by atoms with E-state index in [1.807, 2.05) is 85.3 Å². The monoisotopic (exact) mass is 386 g/mol. The van der Waals surface area contributed by atoms with Crippen molar-refractivity contribution >= 4 is 28.4 Å². The Hall–Kier alpha value is -3.80. The van der Waals surface area contributed by atoms with E-state index in [0.717, 1.165) is 39.2 Å². The number of rotatable bonds is 4. The van der Waals surface area contributed by atoms with Gasteiger partial charge >= 0.3 is 6.03 Å². The number of urea groups is 1. The van der Waals surface area contributed by atoms with Crippen molar-refractivity contribution in [1.29, 1.82) is 0 Å². The molecule has 0 unspecified atom stereocenters. The highest BCUT2D eigenvalue weighted by molar-refractivity contribution is 6.05. The average Bonchev–Trinajstić information content (AvgIpc) is 3.09. The van der Waals surface area contributed by atoms with Gasteiger partial charge in [-0.3, -0.25) is 5.32 Å². The summed E-state index contributed by atoms with van der Waals surface area (Å²) in [5.41, 5.74) is 4.64. The van der Waals surface area contributed by atoms with Crippen LogP contribution in [0.4, 0.5) is 16.3 Å². The molecule has 146 valence electrons. The molecule has 6 heteroatoms. The van der Waals surface area contributed by atoms with Gasteiger partial charge in [0.2, 0.25) is 0 Å². The number of nitrogens with one attached hydrogen (secondary N) is 2. The number of benzene rings is 3. The van der Waals surface area contributed by atoms with E-state index in [1.54, 1.807) is 7.11 Å². The molecule has 0 saturated carbocycles. The lowest BCUT2D eigenvalue weighted by atomic mass is 10.1. The number of carbonyl (C=O) groups excluding carboxylic acids is 1. The summed E-state index contributed by atoms with van der Waals surface area (Å²) >= 11 is 0. The highest BCUT2D eigenvalue weighted by Crippen LogP contribution is 2.27. The third-order valence-corrected chi connectivity index (χ3v) is 4.78. The van der Waals surface area contributed by atoms with E-state index in [-0.39, 0.29) is 6.03 Å². The number of aryl methyl sites for hydroxylation is 2. The fourth-order valence-electron chi connectivity index (χ4n) is 3.21. The topological polar surface area (TPSA) is 68.2 Å². The molecule has 1 heterocycles. The first-order chi connectivity index (χ1) is 14.0. The minimum absolute atomic E-state index is 0.330. The summed E-state index contributed by atoms with van der Waals surface area (Å²) in [6.07, 6.45) is 0. The number of carbonyl (C=O) groups is 1. The van der Waals surface area contributed by atoms with Crippen LogP contribution in [0.25, 0.3) is 16.6 Å². The minimum Gasteiger partial charge on any atom is -0.497 e. The van der Waals surface area contributed by atoms with Crippen molar-refractivity contribution in [3.05, 3.63) is 77.9 Å². The van der Waals surface area contributed by atoms with Gasteiger partial charge in [0.05, 0.1) is 18.3 Å². The zero-order valence-corrected chi connectivity index (χ0v) is 16.6. The lowest BCUT2D eigenvalue weighted by molar-refractivity contribution is 0.262. The Morgan fingerprint density at radius 1 is 0.966 bits per heavy atom. The van der Waals surface area contributed by atoms with Crippen LogP contribution in [0.3, 0.4) is 0 Å². The second-order valence-corrected chi connectivity index (χ2v) is 6.87. The summed E-state index contributed by atoms with van der Waals surface area (Å²) in [7, 11) is 1.63. The molecule has 1 aromatic heterocycles. The maximum absolute atomic E-state index is 12.6. The zero-order valence-electron chi connectivity index (χ0n) is 16.6. The number of methoxy groups -OCH3 is 1. The molecule has 0 atom stereocenters. The van der Waals surface area contributed by atoms with Crippen LogP contribution < -0.4 is 15.4 Å². The molecule has 0 radical (unpaired) electrons. The van der Waals surface area contributed by atoms with Crippen LogP contribution in [-0.4, -0.2) is 22.9 Å². The Bertz CT molecular complexity index is 1180. The number of aromatic nitrogens is 2. The van der Waals surface area contributed by atoms with Gasteiger partial charge in [-0.1, -0.05) is 24.3 Å². The van der Waals surface area contributed by atoms with E-state index in [1.165, 1.54) is 0 Å². The molecule has 2 N–H and O–H groups in total. The van der Waals surface area contributed by atoms with Crippen molar-refractivity contribution in [2.24, 2.45) is 0 Å². The Balaban J connectivity index is 1.65. The second-order valence-electron chi connectivity index (χ2n) is 6.87. The summed E-state index contributed by atoms with van der Waals surface area (Å²) in [5, 5.41) is 11.3. The van der Waals surface area contributed by atoms with Crippen molar-refractivity contribution < 1.29 is 9.53 Å². The van der Waals surface area contributed by atoms with Gasteiger partial charge in [-0.05, 0) is 67.4 Å². The second kappa shape index (κ2) is 7.67. The summed E-state index contributed by atoms with van der Waals surface area (Å²) in [5.74, 6) is 1.27. The van der Waals surface area contributed by atoms with E-state index in [9.17, 15) is 4.79 Å². The van der Waals surface area contributed by atoms with E-state index < -0.39 is 0 Å². The van der Waals surface area contributed by atoms with Crippen molar-refractivity contribution in [3.8, 4) is 11.4 Å². The quantitative estimate of drug-likeness (QED) is 0.500. The van der Waals surface area contributed by atoms with Gasteiger partial charge in [0.1, 0.15) is 5.75 Å². The van der Waals surface area contributed by atoms with E-state index >= 15 is 0 Å². The molecule has 3 aromatic carbocycles. The Kier molecular flexibility index (Phi) is 4.91. The van der Waals surface area contributed by atoms with E-state index in [2.05, 4.69) is 15.7 Å². The average molecular weight is 386 g/mol. The maximum Gasteiger partial charge on any atom is 0.324 e. The van der Waals surface area contributed by atoms with Gasteiger partial charge in [0.25, 0.3) is 0 Å². The molecule has 29 heavy (non-hydrogen) atoms. The fraction of sp³-hybridized carbons (Fsp3) is 0.130. The zero-order chi connectivity index (χ0) is 20.4. The van der Waals surface area contributed by atoms with Crippen LogP contribution in [0.15, 0.2) is 66.7 Å². The summed E-state index contributed by atoms with van der Waals surface area (Å²) in [6, 6.07) is 21.0. The van der Waals surface area contributed by atoms with Crippen molar-refractivity contribution in [3.63, 3.8) is 0 Å². The third kappa shape index (κ3) is 3.78. The van der Waals surface area contributed by atoms with Crippen LogP contribution in [0.1, 0.15) is 11.1 Å². The molecule has 0 fully saturated rings. The SMILES string of the molecule is COc1ccc(-n2nc(NC(=O)Nc3cc(C)ccc3C)c3ccccc32)cc1. The molecule has 0 aliphatic carbocycles. The lowest BCUT2D eigenvalue weighted by Gasteiger charge is -2.09. The van der Waals surface area contributed by atoms with Gasteiger partial charge in [0, 0.05) is 11.1 Å². The van der Waals surface area contributed by atoms with Gasteiger partial charge in [-0.15, -0.1) is 5.10 Å². The number of anilines is 2. The number of hydrogen-bond donors (Lipinski definition) is 2. The smallest absolute Gasteiger partial charge is 0.324 e. The van der Waals surface area contributed by atoms with Crippen LogP contribution >= 0.6 is 0 Å². The van der Waals surface area contributed by atoms with Gasteiger partial charge < -0.3 is 10.1 Å². The molecular weight excluding hydrogens is 364 g/mol. The molecule has 4 aromatic rings. The normalized spacial score (nSPS) is 10.7. The van der Waals surface area contributed by atoms with Crippen molar-refractivity contribution in [2.75, 3.05) is 17.7 Å². The number of amides is 2. The minimum atomic E-state index is -0.330. The van der Waals surface area contributed by atoms with Gasteiger partial charge in [0.15, 0.2) is 5.82 Å². The molecule has 0 saturated heterocycles. The van der Waals surface area contributed by atoms with E-state index in [4.69, 9.17) is 4.74 Å². The largest absolute Gasteiger partial charge is 0.497 e.